The second kappa shape index (κ2) is 5.23. The lowest BCUT2D eigenvalue weighted by Gasteiger charge is -2.14. The van der Waals surface area contributed by atoms with Crippen molar-refractivity contribution in [2.24, 2.45) is 0 Å². The van der Waals surface area contributed by atoms with Crippen molar-refractivity contribution in [2.75, 3.05) is 12.3 Å². The van der Waals surface area contributed by atoms with Crippen LogP contribution in [0.4, 0.5) is 5.82 Å². The van der Waals surface area contributed by atoms with Crippen molar-refractivity contribution >= 4 is 17.6 Å². The zero-order chi connectivity index (χ0) is 12.4. The van der Waals surface area contributed by atoms with Gasteiger partial charge in [-0.25, -0.2) is 9.97 Å². The normalized spacial score (nSPS) is 24.5. The summed E-state index contributed by atoms with van der Waals surface area (Å²) in [6.45, 7) is 7.10. The van der Waals surface area contributed by atoms with Crippen LogP contribution in [0.15, 0.2) is 11.1 Å². The molecule has 2 unspecified atom stereocenters. The van der Waals surface area contributed by atoms with Gasteiger partial charge in [-0.1, -0.05) is 13.8 Å². The van der Waals surface area contributed by atoms with Crippen LogP contribution < -0.4 is 5.73 Å². The molecule has 1 fully saturated rings. The molecular formula is C12H19N3OS. The Balaban J connectivity index is 2.15. The van der Waals surface area contributed by atoms with Gasteiger partial charge in [0, 0.05) is 23.8 Å². The summed E-state index contributed by atoms with van der Waals surface area (Å²) < 4.78 is 5.55. The van der Waals surface area contributed by atoms with E-state index in [0.717, 1.165) is 23.9 Å². The molecule has 17 heavy (non-hydrogen) atoms. The predicted molar refractivity (Wildman–Crippen MR) is 70.2 cm³/mol. The molecule has 0 saturated carbocycles. The molecule has 0 bridgehead atoms. The van der Waals surface area contributed by atoms with Gasteiger partial charge >= 0.3 is 0 Å². The van der Waals surface area contributed by atoms with Crippen LogP contribution in [0, 0.1) is 0 Å². The van der Waals surface area contributed by atoms with Gasteiger partial charge in [0.15, 0.2) is 0 Å². The van der Waals surface area contributed by atoms with E-state index in [-0.39, 0.29) is 0 Å². The molecule has 1 aromatic rings. The first-order valence-corrected chi connectivity index (χ1v) is 6.87. The summed E-state index contributed by atoms with van der Waals surface area (Å²) in [4.78, 5) is 8.80. The standard InChI is InChI=1S/C12H19N3OS/c1-7(2)12-14-10(13)6-11(15-12)17-9-4-5-16-8(9)3/h6-9H,4-5H2,1-3H3,(H2,13,14,15). The number of thioether (sulfide) groups is 1. The van der Waals surface area contributed by atoms with E-state index in [9.17, 15) is 0 Å². The number of ether oxygens (including phenoxy) is 1. The Morgan fingerprint density at radius 2 is 2.24 bits per heavy atom. The molecule has 2 rings (SSSR count). The molecule has 1 aliphatic rings. The van der Waals surface area contributed by atoms with Crippen LogP contribution in [0.1, 0.15) is 38.9 Å². The summed E-state index contributed by atoms with van der Waals surface area (Å²) in [5.41, 5.74) is 5.81. The fourth-order valence-electron chi connectivity index (χ4n) is 1.80. The van der Waals surface area contributed by atoms with Crippen molar-refractivity contribution in [3.05, 3.63) is 11.9 Å². The topological polar surface area (TPSA) is 61.0 Å². The molecule has 1 aromatic heterocycles. The van der Waals surface area contributed by atoms with Crippen molar-refractivity contribution in [1.82, 2.24) is 9.97 Å². The first kappa shape index (κ1) is 12.6. The van der Waals surface area contributed by atoms with Crippen molar-refractivity contribution in [3.63, 3.8) is 0 Å². The Kier molecular flexibility index (Phi) is 3.89. The SMILES string of the molecule is CC(C)c1nc(N)cc(SC2CCOC2C)n1. The lowest BCUT2D eigenvalue weighted by atomic mass is 10.2. The molecule has 5 heteroatoms. The molecule has 2 N–H and O–H groups in total. The monoisotopic (exact) mass is 253 g/mol. The van der Waals surface area contributed by atoms with E-state index in [0.29, 0.717) is 23.1 Å². The minimum absolute atomic E-state index is 0.290. The number of rotatable bonds is 3. The van der Waals surface area contributed by atoms with Gasteiger partial charge in [-0.15, -0.1) is 11.8 Å². The number of anilines is 1. The summed E-state index contributed by atoms with van der Waals surface area (Å²) in [6.07, 6.45) is 1.37. The third-order valence-electron chi connectivity index (χ3n) is 2.83. The lowest BCUT2D eigenvalue weighted by molar-refractivity contribution is 0.127. The zero-order valence-electron chi connectivity index (χ0n) is 10.5. The predicted octanol–water partition coefficient (Wildman–Crippen LogP) is 2.45. The third-order valence-corrected chi connectivity index (χ3v) is 4.21. The Morgan fingerprint density at radius 3 is 2.82 bits per heavy atom. The largest absolute Gasteiger partial charge is 0.384 e. The lowest BCUT2D eigenvalue weighted by Crippen LogP contribution is -2.14. The summed E-state index contributed by atoms with van der Waals surface area (Å²) in [6, 6.07) is 1.85. The molecule has 0 aromatic carbocycles. The number of aromatic nitrogens is 2. The maximum absolute atomic E-state index is 5.81. The fraction of sp³-hybridized carbons (Fsp3) is 0.667. The highest BCUT2D eigenvalue weighted by Crippen LogP contribution is 2.32. The smallest absolute Gasteiger partial charge is 0.134 e. The van der Waals surface area contributed by atoms with Crippen LogP contribution in [0.25, 0.3) is 0 Å². The number of hydrogen-bond donors (Lipinski definition) is 1. The van der Waals surface area contributed by atoms with Gasteiger partial charge in [0.05, 0.1) is 6.10 Å². The van der Waals surface area contributed by atoms with E-state index in [1.54, 1.807) is 11.8 Å². The first-order chi connectivity index (χ1) is 8.06. The maximum atomic E-state index is 5.81. The van der Waals surface area contributed by atoms with E-state index in [1.165, 1.54) is 0 Å². The molecule has 1 aliphatic heterocycles. The van der Waals surface area contributed by atoms with E-state index in [2.05, 4.69) is 30.7 Å². The Labute approximate surface area is 106 Å². The molecule has 1 saturated heterocycles. The molecule has 94 valence electrons. The summed E-state index contributed by atoms with van der Waals surface area (Å²) in [5.74, 6) is 1.67. The number of nitrogen functional groups attached to an aromatic ring is 1. The van der Waals surface area contributed by atoms with Crippen LogP contribution in [0.3, 0.4) is 0 Å². The van der Waals surface area contributed by atoms with Crippen molar-refractivity contribution in [1.29, 1.82) is 0 Å². The first-order valence-electron chi connectivity index (χ1n) is 5.99. The van der Waals surface area contributed by atoms with Gasteiger partial charge in [-0.2, -0.15) is 0 Å². The van der Waals surface area contributed by atoms with Crippen LogP contribution in [-0.4, -0.2) is 27.9 Å². The third kappa shape index (κ3) is 3.10. The average Bonchev–Trinajstić information content (AvgIpc) is 2.63. The van der Waals surface area contributed by atoms with Gasteiger partial charge in [0.1, 0.15) is 16.7 Å². The van der Waals surface area contributed by atoms with Gasteiger partial charge < -0.3 is 10.5 Å². The van der Waals surface area contributed by atoms with Crippen LogP contribution in [0.2, 0.25) is 0 Å². The molecule has 0 amide bonds. The van der Waals surface area contributed by atoms with E-state index < -0.39 is 0 Å². The zero-order valence-corrected chi connectivity index (χ0v) is 11.3. The minimum atomic E-state index is 0.290. The van der Waals surface area contributed by atoms with Crippen molar-refractivity contribution in [3.8, 4) is 0 Å². The van der Waals surface area contributed by atoms with Gasteiger partial charge in [-0.3, -0.25) is 0 Å². The summed E-state index contributed by atoms with van der Waals surface area (Å²) >= 11 is 1.75. The van der Waals surface area contributed by atoms with Crippen LogP contribution >= 0.6 is 11.8 Å². The van der Waals surface area contributed by atoms with Crippen LogP contribution in [-0.2, 0) is 4.74 Å². The van der Waals surface area contributed by atoms with E-state index >= 15 is 0 Å². The minimum Gasteiger partial charge on any atom is -0.384 e. The second-order valence-corrected chi connectivity index (χ2v) is 5.92. The molecule has 2 atom stereocenters. The highest BCUT2D eigenvalue weighted by Gasteiger charge is 2.26. The highest BCUT2D eigenvalue weighted by atomic mass is 32.2. The molecule has 0 spiro atoms. The fourth-order valence-corrected chi connectivity index (χ4v) is 2.93. The Bertz CT molecular complexity index is 397. The number of hydrogen-bond acceptors (Lipinski definition) is 5. The Morgan fingerprint density at radius 1 is 1.47 bits per heavy atom. The second-order valence-electron chi connectivity index (χ2n) is 4.66. The Hall–Kier alpha value is -0.810. The van der Waals surface area contributed by atoms with Crippen molar-refractivity contribution in [2.45, 2.75) is 49.5 Å². The quantitative estimate of drug-likeness (QED) is 0.838. The van der Waals surface area contributed by atoms with Gasteiger partial charge in [0.2, 0.25) is 0 Å². The highest BCUT2D eigenvalue weighted by molar-refractivity contribution is 7.99. The molecular weight excluding hydrogens is 234 g/mol. The van der Waals surface area contributed by atoms with Gasteiger partial charge in [0.25, 0.3) is 0 Å². The van der Waals surface area contributed by atoms with E-state index in [1.807, 2.05) is 6.07 Å². The maximum Gasteiger partial charge on any atom is 0.134 e. The molecule has 2 heterocycles. The molecule has 0 radical (unpaired) electrons. The van der Waals surface area contributed by atoms with Gasteiger partial charge in [-0.05, 0) is 13.3 Å². The number of nitrogens with zero attached hydrogens (tertiary/aromatic N) is 2. The van der Waals surface area contributed by atoms with Crippen LogP contribution in [0.5, 0.6) is 0 Å². The summed E-state index contributed by atoms with van der Waals surface area (Å²) in [7, 11) is 0. The van der Waals surface area contributed by atoms with Crippen molar-refractivity contribution < 1.29 is 4.74 Å². The number of nitrogens with two attached hydrogens (primary N) is 1. The molecule has 4 nitrogen and oxygen atoms in total. The van der Waals surface area contributed by atoms with E-state index in [4.69, 9.17) is 10.5 Å². The molecule has 0 aliphatic carbocycles. The summed E-state index contributed by atoms with van der Waals surface area (Å²) in [5, 5.41) is 1.44. The average molecular weight is 253 g/mol.